The molecule has 0 radical (unpaired) electrons. The monoisotopic (exact) mass is 352 g/mol. The largest absolute Gasteiger partial charge is 0.377 e. The molecule has 2 heterocycles. The quantitative estimate of drug-likeness (QED) is 0.819. The smallest absolute Gasteiger partial charge is 0.238 e. The Bertz CT molecular complexity index is 525. The number of amides is 1. The molecule has 2 saturated heterocycles. The fraction of sp³-hybridized carbons (Fsp3) is 0.611. The first-order valence-corrected chi connectivity index (χ1v) is 9.08. The van der Waals surface area contributed by atoms with Crippen molar-refractivity contribution in [3.63, 3.8) is 0 Å². The van der Waals surface area contributed by atoms with Gasteiger partial charge in [0.15, 0.2) is 0 Å². The molecule has 132 valence electrons. The van der Waals surface area contributed by atoms with Gasteiger partial charge < -0.3 is 14.8 Å². The predicted octanol–water partition coefficient (Wildman–Crippen LogP) is 2.94. The van der Waals surface area contributed by atoms with Gasteiger partial charge in [0.25, 0.3) is 0 Å². The number of rotatable bonds is 7. The van der Waals surface area contributed by atoms with Crippen LogP contribution in [0.2, 0.25) is 5.02 Å². The van der Waals surface area contributed by atoms with Crippen LogP contribution in [-0.4, -0.2) is 55.9 Å². The second kappa shape index (κ2) is 8.81. The minimum absolute atomic E-state index is 0.0564. The van der Waals surface area contributed by atoms with Crippen molar-refractivity contribution in [3.8, 4) is 0 Å². The van der Waals surface area contributed by atoms with Crippen LogP contribution in [0.3, 0.4) is 0 Å². The van der Waals surface area contributed by atoms with Crippen LogP contribution in [0.4, 0.5) is 5.69 Å². The van der Waals surface area contributed by atoms with Crippen molar-refractivity contribution in [3.05, 3.63) is 29.3 Å². The van der Waals surface area contributed by atoms with Crippen LogP contribution in [0, 0.1) is 0 Å². The predicted molar refractivity (Wildman–Crippen MR) is 94.5 cm³/mol. The zero-order valence-electron chi connectivity index (χ0n) is 13.9. The third kappa shape index (κ3) is 5.18. The molecule has 6 heteroatoms. The molecule has 5 nitrogen and oxygen atoms in total. The third-order valence-corrected chi connectivity index (χ3v) is 4.82. The molecule has 1 N–H and O–H groups in total. The van der Waals surface area contributed by atoms with E-state index in [1.165, 1.54) is 0 Å². The van der Waals surface area contributed by atoms with Gasteiger partial charge in [-0.1, -0.05) is 23.7 Å². The van der Waals surface area contributed by atoms with Crippen LogP contribution in [0.25, 0.3) is 0 Å². The summed E-state index contributed by atoms with van der Waals surface area (Å²) in [7, 11) is 0. The summed E-state index contributed by atoms with van der Waals surface area (Å²) in [5, 5.41) is 3.45. The Balaban J connectivity index is 1.56. The van der Waals surface area contributed by atoms with Gasteiger partial charge >= 0.3 is 0 Å². The standard InChI is InChI=1S/C18H25ClN2O3/c19-16-7-1-2-8-17(16)20-18(22)13-21(11-14-5-3-9-23-14)12-15-6-4-10-24-15/h1-2,7-8,14-15H,3-6,9-13H2,(H,20,22)/t14-,15-/m1/s1. The average molecular weight is 353 g/mol. The highest BCUT2D eigenvalue weighted by Crippen LogP contribution is 2.21. The van der Waals surface area contributed by atoms with Crippen molar-refractivity contribution in [2.45, 2.75) is 37.9 Å². The average Bonchev–Trinajstić information content (AvgIpc) is 3.23. The number of carbonyl (C=O) groups is 1. The van der Waals surface area contributed by atoms with Crippen molar-refractivity contribution in [2.75, 3.05) is 38.2 Å². The Morgan fingerprint density at radius 3 is 2.29 bits per heavy atom. The SMILES string of the molecule is O=C(CN(C[C@H]1CCCO1)C[C@H]1CCCO1)Nc1ccccc1Cl. The van der Waals surface area contributed by atoms with Gasteiger partial charge in [0.05, 0.1) is 29.5 Å². The molecule has 1 aromatic carbocycles. The molecule has 0 bridgehead atoms. The Kier molecular flexibility index (Phi) is 6.49. The summed E-state index contributed by atoms with van der Waals surface area (Å²) >= 11 is 6.11. The van der Waals surface area contributed by atoms with Gasteiger partial charge in [-0.3, -0.25) is 9.69 Å². The van der Waals surface area contributed by atoms with Crippen molar-refractivity contribution >= 4 is 23.2 Å². The van der Waals surface area contributed by atoms with Crippen LogP contribution in [0.5, 0.6) is 0 Å². The fourth-order valence-electron chi connectivity index (χ4n) is 3.31. The van der Waals surface area contributed by atoms with E-state index in [0.717, 1.165) is 52.0 Å². The maximum absolute atomic E-state index is 12.4. The number of benzene rings is 1. The normalized spacial score (nSPS) is 23.8. The number of nitrogens with one attached hydrogen (secondary N) is 1. The lowest BCUT2D eigenvalue weighted by Crippen LogP contribution is -2.42. The van der Waals surface area contributed by atoms with Crippen molar-refractivity contribution in [1.82, 2.24) is 4.90 Å². The number of para-hydroxylation sites is 1. The van der Waals surface area contributed by atoms with Gasteiger partial charge in [-0.15, -0.1) is 0 Å². The van der Waals surface area contributed by atoms with E-state index >= 15 is 0 Å². The van der Waals surface area contributed by atoms with E-state index in [2.05, 4.69) is 10.2 Å². The van der Waals surface area contributed by atoms with Crippen LogP contribution >= 0.6 is 11.6 Å². The molecule has 2 atom stereocenters. The molecule has 2 fully saturated rings. The Labute approximate surface area is 148 Å². The first kappa shape index (κ1) is 17.7. The van der Waals surface area contributed by atoms with E-state index in [9.17, 15) is 4.79 Å². The summed E-state index contributed by atoms with van der Waals surface area (Å²) in [6.45, 7) is 3.52. The molecule has 1 aromatic rings. The second-order valence-electron chi connectivity index (χ2n) is 6.49. The van der Waals surface area contributed by atoms with E-state index in [4.69, 9.17) is 21.1 Å². The van der Waals surface area contributed by atoms with E-state index in [-0.39, 0.29) is 18.1 Å². The zero-order chi connectivity index (χ0) is 16.8. The first-order chi connectivity index (χ1) is 11.7. The van der Waals surface area contributed by atoms with E-state index in [1.807, 2.05) is 18.2 Å². The maximum atomic E-state index is 12.4. The van der Waals surface area contributed by atoms with Crippen molar-refractivity contribution < 1.29 is 14.3 Å². The first-order valence-electron chi connectivity index (χ1n) is 8.70. The number of carbonyl (C=O) groups excluding carboxylic acids is 1. The molecule has 0 aromatic heterocycles. The molecule has 2 aliphatic rings. The van der Waals surface area contributed by atoms with Gasteiger partial charge in [0.1, 0.15) is 0 Å². The Hall–Kier alpha value is -1.14. The lowest BCUT2D eigenvalue weighted by molar-refractivity contribution is -0.118. The summed E-state index contributed by atoms with van der Waals surface area (Å²) in [4.78, 5) is 14.6. The molecule has 2 aliphatic heterocycles. The molecule has 0 saturated carbocycles. The molecule has 24 heavy (non-hydrogen) atoms. The molecule has 3 rings (SSSR count). The lowest BCUT2D eigenvalue weighted by Gasteiger charge is -2.27. The number of nitrogens with zero attached hydrogens (tertiary/aromatic N) is 1. The van der Waals surface area contributed by atoms with E-state index < -0.39 is 0 Å². The highest BCUT2D eigenvalue weighted by molar-refractivity contribution is 6.33. The molecule has 0 unspecified atom stereocenters. The third-order valence-electron chi connectivity index (χ3n) is 4.49. The highest BCUT2D eigenvalue weighted by Gasteiger charge is 2.25. The number of halogens is 1. The number of anilines is 1. The van der Waals surface area contributed by atoms with Crippen LogP contribution < -0.4 is 5.32 Å². The summed E-state index contributed by atoms with van der Waals surface area (Å²) in [6.07, 6.45) is 4.77. The Morgan fingerprint density at radius 1 is 1.12 bits per heavy atom. The number of hydrogen-bond donors (Lipinski definition) is 1. The van der Waals surface area contributed by atoms with Crippen molar-refractivity contribution in [1.29, 1.82) is 0 Å². The van der Waals surface area contributed by atoms with Crippen LogP contribution in [0.15, 0.2) is 24.3 Å². The summed E-state index contributed by atoms with van der Waals surface area (Å²) in [5.41, 5.74) is 0.651. The summed E-state index contributed by atoms with van der Waals surface area (Å²) < 4.78 is 11.5. The van der Waals surface area contributed by atoms with Crippen molar-refractivity contribution in [2.24, 2.45) is 0 Å². The molecular weight excluding hydrogens is 328 g/mol. The fourth-order valence-corrected chi connectivity index (χ4v) is 3.49. The number of ether oxygens (including phenoxy) is 2. The van der Waals surface area contributed by atoms with Gasteiger partial charge in [-0.05, 0) is 37.8 Å². The minimum Gasteiger partial charge on any atom is -0.377 e. The topological polar surface area (TPSA) is 50.8 Å². The van der Waals surface area contributed by atoms with Gasteiger partial charge in [-0.2, -0.15) is 0 Å². The summed E-state index contributed by atoms with van der Waals surface area (Å²) in [6, 6.07) is 7.29. The van der Waals surface area contributed by atoms with Gasteiger partial charge in [0.2, 0.25) is 5.91 Å². The van der Waals surface area contributed by atoms with E-state index in [1.54, 1.807) is 6.07 Å². The van der Waals surface area contributed by atoms with Crippen LogP contribution in [-0.2, 0) is 14.3 Å². The minimum atomic E-state index is -0.0564. The maximum Gasteiger partial charge on any atom is 0.238 e. The summed E-state index contributed by atoms with van der Waals surface area (Å²) in [5.74, 6) is -0.0564. The van der Waals surface area contributed by atoms with Gasteiger partial charge in [-0.25, -0.2) is 0 Å². The highest BCUT2D eigenvalue weighted by atomic mass is 35.5. The molecule has 0 spiro atoms. The van der Waals surface area contributed by atoms with E-state index in [0.29, 0.717) is 17.3 Å². The molecular formula is C18H25ClN2O3. The van der Waals surface area contributed by atoms with Gasteiger partial charge in [0, 0.05) is 26.3 Å². The van der Waals surface area contributed by atoms with Crippen LogP contribution in [0.1, 0.15) is 25.7 Å². The molecule has 1 amide bonds. The Morgan fingerprint density at radius 2 is 1.75 bits per heavy atom. The number of hydrogen-bond acceptors (Lipinski definition) is 4. The lowest BCUT2D eigenvalue weighted by atomic mass is 10.2. The second-order valence-corrected chi connectivity index (χ2v) is 6.90. The molecule has 0 aliphatic carbocycles. The zero-order valence-corrected chi connectivity index (χ0v) is 14.6.